The fourth-order valence-corrected chi connectivity index (χ4v) is 3.13. The molecule has 0 saturated carbocycles. The third-order valence-electron chi connectivity index (χ3n) is 4.73. The molecule has 4 heterocycles. The minimum Gasteiger partial charge on any atom is -0.394 e. The van der Waals surface area contributed by atoms with Crippen molar-refractivity contribution < 1.29 is 9.90 Å². The van der Waals surface area contributed by atoms with Gasteiger partial charge in [-0.25, -0.2) is 4.98 Å². The van der Waals surface area contributed by atoms with E-state index in [0.29, 0.717) is 23.0 Å². The van der Waals surface area contributed by atoms with Crippen molar-refractivity contribution in [1.82, 2.24) is 30.0 Å². The molecule has 3 aromatic rings. The standard InChI is InChI=1S/C19H21N7O2/c1-12(10-27)26-11-22-25-18(26)15-3-2-4-17(23-15)24-19(28)16-7-14-8-20-6-5-13(14)9-21-16/h2-4,7,9,11-12,20,27H,5-6,8,10H2,1H3,(H,23,24,28). The van der Waals surface area contributed by atoms with E-state index in [4.69, 9.17) is 0 Å². The Bertz CT molecular complexity index is 1000. The number of pyridine rings is 2. The SMILES string of the molecule is CC(CO)n1cnnc1-c1cccc(NC(=O)c2cc3c(cn2)CCNC3)n1. The first-order valence-corrected chi connectivity index (χ1v) is 9.13. The van der Waals surface area contributed by atoms with Crippen LogP contribution >= 0.6 is 0 Å². The lowest BCUT2D eigenvalue weighted by atomic mass is 10.0. The average Bonchev–Trinajstić information content (AvgIpc) is 3.23. The van der Waals surface area contributed by atoms with Gasteiger partial charge in [-0.05, 0) is 49.2 Å². The number of rotatable bonds is 5. The third kappa shape index (κ3) is 3.62. The van der Waals surface area contributed by atoms with Gasteiger partial charge in [0.1, 0.15) is 23.5 Å². The van der Waals surface area contributed by atoms with Gasteiger partial charge in [-0.2, -0.15) is 0 Å². The quantitative estimate of drug-likeness (QED) is 0.609. The molecule has 3 N–H and O–H groups in total. The molecule has 9 heteroatoms. The van der Waals surface area contributed by atoms with Crippen molar-refractivity contribution in [3.05, 3.63) is 53.6 Å². The zero-order valence-electron chi connectivity index (χ0n) is 15.5. The Labute approximate surface area is 161 Å². The van der Waals surface area contributed by atoms with Gasteiger partial charge in [0.05, 0.1) is 12.6 Å². The first-order valence-electron chi connectivity index (χ1n) is 9.13. The zero-order valence-corrected chi connectivity index (χ0v) is 15.5. The molecule has 1 atom stereocenters. The molecule has 1 unspecified atom stereocenters. The van der Waals surface area contributed by atoms with Gasteiger partial charge in [0.25, 0.3) is 5.91 Å². The first-order chi connectivity index (χ1) is 13.7. The zero-order chi connectivity index (χ0) is 19.5. The van der Waals surface area contributed by atoms with E-state index in [1.807, 2.05) is 13.0 Å². The van der Waals surface area contributed by atoms with E-state index in [0.717, 1.165) is 25.1 Å². The highest BCUT2D eigenvalue weighted by Gasteiger charge is 2.16. The highest BCUT2D eigenvalue weighted by molar-refractivity contribution is 6.02. The van der Waals surface area contributed by atoms with Crippen molar-refractivity contribution >= 4 is 11.7 Å². The average molecular weight is 379 g/mol. The van der Waals surface area contributed by atoms with E-state index in [2.05, 4.69) is 30.8 Å². The lowest BCUT2D eigenvalue weighted by molar-refractivity contribution is 0.102. The molecule has 0 fully saturated rings. The van der Waals surface area contributed by atoms with E-state index in [1.165, 1.54) is 5.56 Å². The molecule has 144 valence electrons. The number of aliphatic hydroxyl groups excluding tert-OH is 1. The molecule has 0 aliphatic carbocycles. The molecule has 0 radical (unpaired) electrons. The maximum atomic E-state index is 12.6. The molecule has 4 rings (SSSR count). The minimum atomic E-state index is -0.316. The molecule has 9 nitrogen and oxygen atoms in total. The Kier molecular flexibility index (Phi) is 5.09. The van der Waals surface area contributed by atoms with Crippen LogP contribution < -0.4 is 10.6 Å². The van der Waals surface area contributed by atoms with Crippen molar-refractivity contribution in [2.24, 2.45) is 0 Å². The number of nitrogens with one attached hydrogen (secondary N) is 2. The molecule has 28 heavy (non-hydrogen) atoms. The van der Waals surface area contributed by atoms with Crippen LogP contribution in [0.1, 0.15) is 34.6 Å². The Hall–Kier alpha value is -3.17. The van der Waals surface area contributed by atoms with Crippen molar-refractivity contribution in [3.63, 3.8) is 0 Å². The van der Waals surface area contributed by atoms with Crippen LogP contribution in [0.15, 0.2) is 36.8 Å². The molecule has 1 amide bonds. The summed E-state index contributed by atoms with van der Waals surface area (Å²) in [7, 11) is 0. The minimum absolute atomic E-state index is 0.0413. The van der Waals surface area contributed by atoms with Gasteiger partial charge in [-0.1, -0.05) is 6.07 Å². The molecule has 3 aromatic heterocycles. The van der Waals surface area contributed by atoms with E-state index in [-0.39, 0.29) is 18.6 Å². The lowest BCUT2D eigenvalue weighted by Crippen LogP contribution is -2.25. The number of anilines is 1. The van der Waals surface area contributed by atoms with Crippen LogP contribution in [0.4, 0.5) is 5.82 Å². The Morgan fingerprint density at radius 1 is 1.39 bits per heavy atom. The molecule has 0 saturated heterocycles. The van der Waals surface area contributed by atoms with Crippen LogP contribution in [0.25, 0.3) is 11.5 Å². The molecule has 0 spiro atoms. The number of fused-ring (bicyclic) bond motifs is 1. The Morgan fingerprint density at radius 2 is 2.29 bits per heavy atom. The van der Waals surface area contributed by atoms with Crippen molar-refractivity contribution in [2.75, 3.05) is 18.5 Å². The van der Waals surface area contributed by atoms with Gasteiger partial charge in [0, 0.05) is 12.7 Å². The first kappa shape index (κ1) is 18.2. The maximum Gasteiger partial charge on any atom is 0.275 e. The van der Waals surface area contributed by atoms with Crippen LogP contribution in [-0.2, 0) is 13.0 Å². The van der Waals surface area contributed by atoms with Gasteiger partial charge in [0.2, 0.25) is 0 Å². The van der Waals surface area contributed by atoms with Gasteiger partial charge in [-0.15, -0.1) is 10.2 Å². The number of aliphatic hydroxyl groups is 1. The number of amides is 1. The number of carbonyl (C=O) groups excluding carboxylic acids is 1. The second kappa shape index (κ2) is 7.83. The number of aromatic nitrogens is 5. The van der Waals surface area contributed by atoms with Crippen molar-refractivity contribution in [1.29, 1.82) is 0 Å². The van der Waals surface area contributed by atoms with Crippen LogP contribution in [-0.4, -0.2) is 48.9 Å². The highest BCUT2D eigenvalue weighted by atomic mass is 16.3. The summed E-state index contributed by atoms with van der Waals surface area (Å²) in [6, 6.07) is 6.91. The molecule has 0 aromatic carbocycles. The topological polar surface area (TPSA) is 118 Å². The summed E-state index contributed by atoms with van der Waals surface area (Å²) in [5.41, 5.74) is 3.18. The second-order valence-corrected chi connectivity index (χ2v) is 6.72. The highest BCUT2D eigenvalue weighted by Crippen LogP contribution is 2.20. The third-order valence-corrected chi connectivity index (χ3v) is 4.73. The number of hydrogen-bond acceptors (Lipinski definition) is 7. The van der Waals surface area contributed by atoms with E-state index in [9.17, 15) is 9.90 Å². The largest absolute Gasteiger partial charge is 0.394 e. The Morgan fingerprint density at radius 3 is 3.14 bits per heavy atom. The van der Waals surface area contributed by atoms with Crippen molar-refractivity contribution in [2.45, 2.75) is 25.9 Å². The number of nitrogens with zero attached hydrogens (tertiary/aromatic N) is 5. The summed E-state index contributed by atoms with van der Waals surface area (Å²) >= 11 is 0. The summed E-state index contributed by atoms with van der Waals surface area (Å²) in [5.74, 6) is 0.602. The molecule has 0 bridgehead atoms. The predicted octanol–water partition coefficient (Wildman–Crippen LogP) is 1.19. The lowest BCUT2D eigenvalue weighted by Gasteiger charge is -2.17. The fraction of sp³-hybridized carbons (Fsp3) is 0.316. The monoisotopic (exact) mass is 379 g/mol. The summed E-state index contributed by atoms with van der Waals surface area (Å²) < 4.78 is 1.74. The maximum absolute atomic E-state index is 12.6. The van der Waals surface area contributed by atoms with E-state index in [1.54, 1.807) is 35.3 Å². The summed E-state index contributed by atoms with van der Waals surface area (Å²) in [6.45, 7) is 3.48. The Balaban J connectivity index is 1.56. The van der Waals surface area contributed by atoms with E-state index >= 15 is 0 Å². The molecular formula is C19H21N7O2. The fourth-order valence-electron chi connectivity index (χ4n) is 3.13. The summed E-state index contributed by atoms with van der Waals surface area (Å²) in [4.78, 5) is 21.4. The summed E-state index contributed by atoms with van der Waals surface area (Å²) in [6.07, 6.45) is 4.24. The smallest absolute Gasteiger partial charge is 0.275 e. The molecule has 1 aliphatic rings. The number of carbonyl (C=O) groups is 1. The molecule has 1 aliphatic heterocycles. The van der Waals surface area contributed by atoms with Gasteiger partial charge in [-0.3, -0.25) is 9.78 Å². The molecular weight excluding hydrogens is 358 g/mol. The predicted molar refractivity (Wildman–Crippen MR) is 103 cm³/mol. The van der Waals surface area contributed by atoms with Crippen LogP contribution in [0.3, 0.4) is 0 Å². The normalized spacial score (nSPS) is 14.4. The van der Waals surface area contributed by atoms with Crippen LogP contribution in [0, 0.1) is 0 Å². The van der Waals surface area contributed by atoms with Crippen LogP contribution in [0.5, 0.6) is 0 Å². The summed E-state index contributed by atoms with van der Waals surface area (Å²) in [5, 5.41) is 23.5. The number of hydrogen-bond donors (Lipinski definition) is 3. The van der Waals surface area contributed by atoms with Gasteiger partial charge < -0.3 is 20.3 Å². The van der Waals surface area contributed by atoms with E-state index < -0.39 is 0 Å². The van der Waals surface area contributed by atoms with Gasteiger partial charge >= 0.3 is 0 Å². The van der Waals surface area contributed by atoms with Crippen LogP contribution in [0.2, 0.25) is 0 Å². The van der Waals surface area contributed by atoms with Gasteiger partial charge in [0.15, 0.2) is 5.82 Å². The second-order valence-electron chi connectivity index (χ2n) is 6.72. The van der Waals surface area contributed by atoms with Crippen molar-refractivity contribution in [3.8, 4) is 11.5 Å².